The largest absolute Gasteiger partial charge is 0.479 e. The van der Waals surface area contributed by atoms with Crippen LogP contribution in [-0.4, -0.2) is 60.0 Å². The summed E-state index contributed by atoms with van der Waals surface area (Å²) < 4.78 is 2.38. The maximum Gasteiger partial charge on any atom is 0.320 e. The molecule has 0 fully saturated rings. The monoisotopic (exact) mass is 663 g/mol. The standard InChI is InChI=1S/C27H21N17OS2/c1-13-17(33-37-26-39-35-21(46-26)15-9-5-3-6-10-15)19(28)43(41-13)23-30-24(32-25(45)31-23)44-20(29)18(14(2)42-44)34-38-27-40-36-22(47-27)16-11-7-4-8-12-16/h3-12H,28-29H2,1-2H3,(H,30,31,32,45). The molecule has 0 aliphatic rings. The number of rotatable bonds is 8. The summed E-state index contributed by atoms with van der Waals surface area (Å²) in [6, 6.07) is 18.6. The Morgan fingerprint density at radius 2 is 1.02 bits per heavy atom. The highest BCUT2D eigenvalue weighted by Crippen LogP contribution is 2.35. The van der Waals surface area contributed by atoms with Crippen LogP contribution in [0.15, 0.2) is 81.1 Å². The third-order valence-corrected chi connectivity index (χ3v) is 8.16. The van der Waals surface area contributed by atoms with Gasteiger partial charge in [0.15, 0.2) is 23.0 Å². The van der Waals surface area contributed by atoms with Gasteiger partial charge in [-0.25, -0.2) is 0 Å². The van der Waals surface area contributed by atoms with E-state index in [2.05, 4.69) is 66.0 Å². The van der Waals surface area contributed by atoms with E-state index in [1.165, 1.54) is 32.0 Å². The summed E-state index contributed by atoms with van der Waals surface area (Å²) in [6.45, 7) is 3.37. The van der Waals surface area contributed by atoms with Gasteiger partial charge in [-0.15, -0.1) is 40.9 Å². The first-order valence-electron chi connectivity index (χ1n) is 13.6. The Balaban J connectivity index is 1.15. The Labute approximate surface area is 272 Å². The molecular formula is C27H21N17OS2. The lowest BCUT2D eigenvalue weighted by Gasteiger charge is -2.06. The van der Waals surface area contributed by atoms with Gasteiger partial charge in [0.1, 0.15) is 10.0 Å². The molecule has 0 saturated heterocycles. The summed E-state index contributed by atoms with van der Waals surface area (Å²) in [6.07, 6.45) is 0. The van der Waals surface area contributed by atoms with Gasteiger partial charge in [-0.2, -0.15) is 34.5 Å². The Hall–Kier alpha value is -6.41. The van der Waals surface area contributed by atoms with Gasteiger partial charge >= 0.3 is 6.01 Å². The second-order valence-electron chi connectivity index (χ2n) is 9.61. The maximum absolute atomic E-state index is 10.4. The minimum atomic E-state index is -0.624. The second kappa shape index (κ2) is 12.2. The predicted octanol–water partition coefficient (Wildman–Crippen LogP) is 5.60. The molecule has 5 N–H and O–H groups in total. The number of benzene rings is 2. The summed E-state index contributed by atoms with van der Waals surface area (Å²) in [5, 5.41) is 54.6. The van der Waals surface area contributed by atoms with Gasteiger partial charge < -0.3 is 16.6 Å². The molecule has 5 heterocycles. The summed E-state index contributed by atoms with van der Waals surface area (Å²) in [7, 11) is 0. The molecule has 20 heteroatoms. The molecule has 7 aromatic rings. The van der Waals surface area contributed by atoms with Crippen LogP contribution in [0.3, 0.4) is 0 Å². The molecule has 0 bridgehead atoms. The van der Waals surface area contributed by atoms with Crippen LogP contribution in [0, 0.1) is 13.8 Å². The van der Waals surface area contributed by atoms with Crippen molar-refractivity contribution in [3.63, 3.8) is 0 Å². The van der Waals surface area contributed by atoms with Crippen LogP contribution >= 0.6 is 22.7 Å². The van der Waals surface area contributed by atoms with E-state index in [0.29, 0.717) is 31.7 Å². The third kappa shape index (κ3) is 5.87. The van der Waals surface area contributed by atoms with Crippen molar-refractivity contribution in [2.45, 2.75) is 13.8 Å². The molecule has 0 unspecified atom stereocenters. The van der Waals surface area contributed by atoms with E-state index in [9.17, 15) is 5.11 Å². The predicted molar refractivity (Wildman–Crippen MR) is 173 cm³/mol. The lowest BCUT2D eigenvalue weighted by Crippen LogP contribution is -2.13. The first kappa shape index (κ1) is 29.3. The summed E-state index contributed by atoms with van der Waals surface area (Å²) in [4.78, 5) is 12.4. The zero-order valence-electron chi connectivity index (χ0n) is 24.4. The van der Waals surface area contributed by atoms with E-state index in [4.69, 9.17) is 11.5 Å². The average Bonchev–Trinajstić information content (AvgIpc) is 3.87. The Bertz CT molecular complexity index is 2110. The van der Waals surface area contributed by atoms with Crippen molar-refractivity contribution in [1.82, 2.24) is 54.9 Å². The average molecular weight is 664 g/mol. The van der Waals surface area contributed by atoms with E-state index < -0.39 is 6.01 Å². The van der Waals surface area contributed by atoms with Crippen LogP contribution in [0.5, 0.6) is 6.01 Å². The molecule has 2 aromatic carbocycles. The van der Waals surface area contributed by atoms with Crippen LogP contribution in [0.4, 0.5) is 33.3 Å². The SMILES string of the molecule is Cc1nn(-c2nc(O)nc(-n3nc(C)c(N=Nc4nnc(-c5ccccc5)s4)c3N)n2)c(N)c1N=Nc1nnc(-c2ccccc2)s1. The number of aryl methyl sites for hydroxylation is 2. The summed E-state index contributed by atoms with van der Waals surface area (Å²) in [5.74, 6) is -0.118. The number of nitrogen functional groups attached to an aromatic ring is 2. The second-order valence-corrected chi connectivity index (χ2v) is 11.5. The summed E-state index contributed by atoms with van der Waals surface area (Å²) >= 11 is 2.54. The number of anilines is 2. The first-order chi connectivity index (χ1) is 22.8. The molecule has 0 radical (unpaired) electrons. The molecular weight excluding hydrogens is 643 g/mol. The lowest BCUT2D eigenvalue weighted by molar-refractivity contribution is 0.423. The highest BCUT2D eigenvalue weighted by molar-refractivity contribution is 7.18. The van der Waals surface area contributed by atoms with Crippen molar-refractivity contribution >= 4 is 55.9 Å². The first-order valence-corrected chi connectivity index (χ1v) is 15.2. The van der Waals surface area contributed by atoms with Crippen LogP contribution in [0.25, 0.3) is 33.0 Å². The number of nitrogens with zero attached hydrogens (tertiary/aromatic N) is 15. The van der Waals surface area contributed by atoms with Gasteiger partial charge in [0.25, 0.3) is 22.2 Å². The number of azo groups is 2. The number of aromatic hydroxyl groups is 1. The van der Waals surface area contributed by atoms with Crippen molar-refractivity contribution in [3.05, 3.63) is 72.1 Å². The van der Waals surface area contributed by atoms with E-state index in [-0.39, 0.29) is 34.9 Å². The van der Waals surface area contributed by atoms with Crippen LogP contribution < -0.4 is 11.5 Å². The van der Waals surface area contributed by atoms with Crippen LogP contribution in [0.2, 0.25) is 0 Å². The molecule has 0 saturated carbocycles. The number of aromatic nitrogens is 11. The van der Waals surface area contributed by atoms with E-state index in [0.717, 1.165) is 11.1 Å². The van der Waals surface area contributed by atoms with E-state index in [1.54, 1.807) is 13.8 Å². The molecule has 47 heavy (non-hydrogen) atoms. The van der Waals surface area contributed by atoms with Crippen molar-refractivity contribution in [1.29, 1.82) is 0 Å². The van der Waals surface area contributed by atoms with Crippen LogP contribution in [0.1, 0.15) is 11.4 Å². The van der Waals surface area contributed by atoms with Gasteiger partial charge in [0.05, 0.1) is 11.4 Å². The molecule has 0 aliphatic carbocycles. The third-order valence-electron chi connectivity index (χ3n) is 6.45. The van der Waals surface area contributed by atoms with Crippen molar-refractivity contribution < 1.29 is 5.11 Å². The molecule has 5 aromatic heterocycles. The molecule has 0 aliphatic heterocycles. The Morgan fingerprint density at radius 1 is 0.596 bits per heavy atom. The smallest absolute Gasteiger partial charge is 0.320 e. The quantitative estimate of drug-likeness (QED) is 0.168. The highest BCUT2D eigenvalue weighted by Gasteiger charge is 2.21. The van der Waals surface area contributed by atoms with Gasteiger partial charge in [-0.1, -0.05) is 83.3 Å². The van der Waals surface area contributed by atoms with Crippen molar-refractivity contribution in [2.24, 2.45) is 20.5 Å². The fraction of sp³-hybridized carbons (Fsp3) is 0.0741. The molecule has 18 nitrogen and oxygen atoms in total. The Morgan fingerprint density at radius 3 is 1.45 bits per heavy atom. The molecule has 232 valence electrons. The van der Waals surface area contributed by atoms with Crippen molar-refractivity contribution in [2.75, 3.05) is 11.5 Å². The van der Waals surface area contributed by atoms with Gasteiger partial charge in [0, 0.05) is 11.1 Å². The minimum absolute atomic E-state index is 0.0571. The fourth-order valence-electron chi connectivity index (χ4n) is 4.25. The number of nitrogens with two attached hydrogens (primary N) is 2. The fourth-order valence-corrected chi connectivity index (χ4v) is 5.59. The van der Waals surface area contributed by atoms with Gasteiger partial charge in [-0.3, -0.25) is 0 Å². The normalized spacial score (nSPS) is 11.7. The zero-order valence-corrected chi connectivity index (χ0v) is 26.0. The number of hydrogen-bond donors (Lipinski definition) is 3. The zero-order chi connectivity index (χ0) is 32.5. The highest BCUT2D eigenvalue weighted by atomic mass is 32.1. The minimum Gasteiger partial charge on any atom is -0.479 e. The summed E-state index contributed by atoms with van der Waals surface area (Å²) in [5.41, 5.74) is 15.9. The van der Waals surface area contributed by atoms with E-state index in [1.807, 2.05) is 60.7 Å². The maximum atomic E-state index is 10.4. The van der Waals surface area contributed by atoms with E-state index >= 15 is 0 Å². The lowest BCUT2D eigenvalue weighted by atomic mass is 10.2. The molecule has 7 rings (SSSR count). The number of hydrogen-bond acceptors (Lipinski definition) is 18. The van der Waals surface area contributed by atoms with Crippen LogP contribution in [-0.2, 0) is 0 Å². The topological polar surface area (TPSA) is 248 Å². The molecule has 0 amide bonds. The molecule has 0 atom stereocenters. The molecule has 0 spiro atoms. The van der Waals surface area contributed by atoms with Gasteiger partial charge in [-0.05, 0) is 13.8 Å². The van der Waals surface area contributed by atoms with Gasteiger partial charge in [0.2, 0.25) is 0 Å². The van der Waals surface area contributed by atoms with Crippen molar-refractivity contribution in [3.8, 4) is 39.0 Å². The Kier molecular flexibility index (Phi) is 7.59.